The second-order valence-electron chi connectivity index (χ2n) is 2.00. The van der Waals surface area contributed by atoms with Crippen LogP contribution in [0.1, 0.15) is 13.3 Å². The Morgan fingerprint density at radius 3 is 2.57 bits per heavy atom. The van der Waals surface area contributed by atoms with Gasteiger partial charge in [-0.05, 0) is 24.6 Å². The molecule has 0 aromatic heterocycles. The molecule has 0 radical (unpaired) electrons. The van der Waals surface area contributed by atoms with Gasteiger partial charge in [0.05, 0.1) is 11.2 Å². The van der Waals surface area contributed by atoms with E-state index in [4.69, 9.17) is 0 Å². The molecule has 2 heteroatoms. The van der Waals surface area contributed by atoms with Gasteiger partial charge < -0.3 is 0 Å². The normalized spacial score (nSPS) is 36.7. The van der Waals surface area contributed by atoms with Crippen molar-refractivity contribution in [1.82, 2.24) is 0 Å². The lowest BCUT2D eigenvalue weighted by atomic mass is 10.5. The Bertz CT molecular complexity index is 115. The first kappa shape index (κ1) is 4.95. The molecule has 2 unspecified atom stereocenters. The highest BCUT2D eigenvalue weighted by Gasteiger charge is 2.31. The quantitative estimate of drug-likeness (QED) is 0.371. The van der Waals surface area contributed by atoms with E-state index in [0.29, 0.717) is 6.04 Å². The molecule has 2 atom stereocenters. The summed E-state index contributed by atoms with van der Waals surface area (Å²) in [4.78, 5) is 3.88. The molecule has 38 valence electrons. The van der Waals surface area contributed by atoms with Crippen molar-refractivity contribution < 1.29 is 0 Å². The molecule has 1 aliphatic carbocycles. The first-order valence-electron chi connectivity index (χ1n) is 2.41. The molecule has 7 heavy (non-hydrogen) atoms. The highest BCUT2D eigenvalue weighted by molar-refractivity contribution is 7.78. The predicted molar refractivity (Wildman–Crippen MR) is 32.6 cm³/mol. The van der Waals surface area contributed by atoms with E-state index in [2.05, 4.69) is 29.3 Å². The van der Waals surface area contributed by atoms with E-state index in [1.165, 1.54) is 6.42 Å². The lowest BCUT2D eigenvalue weighted by Gasteiger charge is -1.72. The molecule has 1 fully saturated rings. The lowest BCUT2D eigenvalue weighted by molar-refractivity contribution is 0.900. The summed E-state index contributed by atoms with van der Waals surface area (Å²) in [5, 5.41) is 2.37. The molecule has 1 rings (SSSR count). The third kappa shape index (κ3) is 1.08. The van der Waals surface area contributed by atoms with Gasteiger partial charge in [0.1, 0.15) is 0 Å². The number of hydrogen-bond acceptors (Lipinski definition) is 2. The van der Waals surface area contributed by atoms with Gasteiger partial charge in [-0.25, -0.2) is 4.99 Å². The van der Waals surface area contributed by atoms with Crippen LogP contribution in [-0.4, -0.2) is 11.2 Å². The van der Waals surface area contributed by atoms with Gasteiger partial charge in [-0.1, -0.05) is 6.92 Å². The third-order valence-corrected chi connectivity index (χ3v) is 1.39. The summed E-state index contributed by atoms with van der Waals surface area (Å²) in [6.45, 7) is 2.17. The first-order chi connectivity index (χ1) is 3.34. The van der Waals surface area contributed by atoms with Crippen molar-refractivity contribution in [2.45, 2.75) is 19.4 Å². The van der Waals surface area contributed by atoms with Crippen LogP contribution in [0.2, 0.25) is 0 Å². The van der Waals surface area contributed by atoms with Gasteiger partial charge in [0.2, 0.25) is 0 Å². The van der Waals surface area contributed by atoms with Crippen molar-refractivity contribution in [3.05, 3.63) is 0 Å². The van der Waals surface area contributed by atoms with Gasteiger partial charge in [0.15, 0.2) is 0 Å². The van der Waals surface area contributed by atoms with Crippen molar-refractivity contribution in [3.63, 3.8) is 0 Å². The van der Waals surface area contributed by atoms with Gasteiger partial charge in [0, 0.05) is 0 Å². The van der Waals surface area contributed by atoms with E-state index in [0.717, 1.165) is 5.92 Å². The fraction of sp³-hybridized carbons (Fsp3) is 0.800. The summed E-state index contributed by atoms with van der Waals surface area (Å²) >= 11 is 4.40. The summed E-state index contributed by atoms with van der Waals surface area (Å²) in [6.07, 6.45) is 1.21. The van der Waals surface area contributed by atoms with Crippen molar-refractivity contribution in [2.24, 2.45) is 10.9 Å². The summed E-state index contributed by atoms with van der Waals surface area (Å²) in [5.74, 6) is 0.774. The van der Waals surface area contributed by atoms with E-state index in [1.807, 2.05) is 0 Å². The molecule has 1 saturated carbocycles. The highest BCUT2D eigenvalue weighted by Crippen LogP contribution is 2.32. The average molecular weight is 113 g/mol. The second kappa shape index (κ2) is 1.73. The summed E-state index contributed by atoms with van der Waals surface area (Å²) < 4.78 is 0. The smallest absolute Gasteiger partial charge is 0.0632 e. The number of rotatable bonds is 1. The molecule has 1 aliphatic rings. The Balaban J connectivity index is 2.34. The molecule has 0 saturated heterocycles. The number of thiocarbonyl (C=S) groups is 1. The Hall–Kier alpha value is -0.200. The Kier molecular flexibility index (Phi) is 1.22. The van der Waals surface area contributed by atoms with E-state index in [1.54, 1.807) is 0 Å². The van der Waals surface area contributed by atoms with Crippen LogP contribution in [0.4, 0.5) is 0 Å². The van der Waals surface area contributed by atoms with Gasteiger partial charge in [-0.3, -0.25) is 0 Å². The fourth-order valence-electron chi connectivity index (χ4n) is 0.550. The van der Waals surface area contributed by atoms with Crippen molar-refractivity contribution in [1.29, 1.82) is 0 Å². The molecule has 0 aliphatic heterocycles. The van der Waals surface area contributed by atoms with Crippen LogP contribution in [0, 0.1) is 5.92 Å². The van der Waals surface area contributed by atoms with Crippen LogP contribution in [-0.2, 0) is 0 Å². The zero-order valence-corrected chi connectivity index (χ0v) is 5.03. The van der Waals surface area contributed by atoms with Crippen LogP contribution in [0.25, 0.3) is 0 Å². The van der Waals surface area contributed by atoms with Crippen molar-refractivity contribution in [2.75, 3.05) is 0 Å². The summed E-state index contributed by atoms with van der Waals surface area (Å²) in [5.41, 5.74) is 0. The van der Waals surface area contributed by atoms with Crippen molar-refractivity contribution >= 4 is 17.4 Å². The van der Waals surface area contributed by atoms with E-state index < -0.39 is 0 Å². The van der Waals surface area contributed by atoms with E-state index >= 15 is 0 Å². The lowest BCUT2D eigenvalue weighted by Crippen LogP contribution is -1.73. The minimum absolute atomic E-state index is 0.525. The van der Waals surface area contributed by atoms with Crippen LogP contribution >= 0.6 is 12.2 Å². The SMILES string of the molecule is CC1CC1N=C=S. The molecule has 0 spiro atoms. The molecule has 1 nitrogen and oxygen atoms in total. The Morgan fingerprint density at radius 1 is 1.86 bits per heavy atom. The molecular weight excluding hydrogens is 106 g/mol. The van der Waals surface area contributed by atoms with Gasteiger partial charge >= 0.3 is 0 Å². The van der Waals surface area contributed by atoms with Crippen molar-refractivity contribution in [3.8, 4) is 0 Å². The molecule has 0 aromatic carbocycles. The maximum Gasteiger partial charge on any atom is 0.0632 e. The van der Waals surface area contributed by atoms with E-state index in [9.17, 15) is 0 Å². The monoisotopic (exact) mass is 113 g/mol. The Morgan fingerprint density at radius 2 is 2.43 bits per heavy atom. The molecule has 0 N–H and O–H groups in total. The number of nitrogens with zero attached hydrogens (tertiary/aromatic N) is 1. The topological polar surface area (TPSA) is 12.4 Å². The van der Waals surface area contributed by atoms with Crippen LogP contribution in [0.15, 0.2) is 4.99 Å². The maximum absolute atomic E-state index is 4.40. The van der Waals surface area contributed by atoms with Gasteiger partial charge in [-0.2, -0.15) is 0 Å². The van der Waals surface area contributed by atoms with E-state index in [-0.39, 0.29) is 0 Å². The number of isothiocyanates is 1. The zero-order valence-electron chi connectivity index (χ0n) is 4.22. The zero-order chi connectivity index (χ0) is 5.28. The third-order valence-electron chi connectivity index (χ3n) is 1.29. The predicted octanol–water partition coefficient (Wildman–Crippen LogP) is 1.50. The summed E-state index contributed by atoms with van der Waals surface area (Å²) in [6, 6.07) is 0.525. The molecule has 0 bridgehead atoms. The average Bonchev–Trinajstić information content (AvgIpc) is 2.22. The first-order valence-corrected chi connectivity index (χ1v) is 2.82. The van der Waals surface area contributed by atoms with Crippen LogP contribution in [0.3, 0.4) is 0 Å². The Labute approximate surface area is 48.4 Å². The minimum atomic E-state index is 0.525. The maximum atomic E-state index is 4.40. The standard InChI is InChI=1S/C5H7NS/c1-4-2-5(4)6-3-7/h4-5H,2H2,1H3. The molecule has 0 amide bonds. The fourth-order valence-corrected chi connectivity index (χ4v) is 0.685. The minimum Gasteiger partial charge on any atom is -0.229 e. The van der Waals surface area contributed by atoms with Gasteiger partial charge in [0.25, 0.3) is 0 Å². The highest BCUT2D eigenvalue weighted by atomic mass is 32.1. The number of hydrogen-bond donors (Lipinski definition) is 0. The number of aliphatic imine (C=N–C) groups is 1. The van der Waals surface area contributed by atoms with Crippen LogP contribution in [0.5, 0.6) is 0 Å². The van der Waals surface area contributed by atoms with Gasteiger partial charge in [-0.15, -0.1) is 0 Å². The molecular formula is C5H7NS. The van der Waals surface area contributed by atoms with Crippen LogP contribution < -0.4 is 0 Å². The second-order valence-corrected chi connectivity index (χ2v) is 2.18. The molecule has 0 heterocycles. The summed E-state index contributed by atoms with van der Waals surface area (Å²) in [7, 11) is 0. The molecule has 0 aromatic rings. The largest absolute Gasteiger partial charge is 0.229 e.